The van der Waals surface area contributed by atoms with Crippen LogP contribution in [0.2, 0.25) is 10.0 Å². The molecule has 0 bridgehead atoms. The van der Waals surface area contributed by atoms with Gasteiger partial charge in [0, 0.05) is 41.2 Å². The number of hydrogen-bond acceptors (Lipinski definition) is 7. The zero-order valence-electron chi connectivity index (χ0n) is 19.0. The Morgan fingerprint density at radius 3 is 2.63 bits per heavy atom. The summed E-state index contributed by atoms with van der Waals surface area (Å²) in [6, 6.07) is 13.2. The van der Waals surface area contributed by atoms with Gasteiger partial charge in [0.15, 0.2) is 11.6 Å². The first kappa shape index (κ1) is 24.3. The normalized spacial score (nSPS) is 11.6. The number of halogens is 2. The van der Waals surface area contributed by atoms with Gasteiger partial charge in [-0.2, -0.15) is 5.26 Å². The fourth-order valence-corrected chi connectivity index (χ4v) is 4.09. The molecule has 10 heteroatoms. The van der Waals surface area contributed by atoms with Gasteiger partial charge in [0.25, 0.3) is 0 Å². The topological polar surface area (TPSA) is 117 Å². The van der Waals surface area contributed by atoms with Crippen molar-refractivity contribution in [1.29, 1.82) is 5.26 Å². The van der Waals surface area contributed by atoms with Crippen molar-refractivity contribution in [2.24, 2.45) is 0 Å². The van der Waals surface area contributed by atoms with Crippen molar-refractivity contribution in [2.45, 2.75) is 25.8 Å². The summed E-state index contributed by atoms with van der Waals surface area (Å²) in [6.07, 6.45) is 7.80. The summed E-state index contributed by atoms with van der Waals surface area (Å²) in [6.45, 7) is 3.47. The third-order valence-electron chi connectivity index (χ3n) is 5.57. The number of anilines is 4. The summed E-state index contributed by atoms with van der Waals surface area (Å²) in [4.78, 5) is 12.6. The molecular formula is C25H24Cl2N8. The number of nitrogens with one attached hydrogen (secondary N) is 2. The second-order valence-corrected chi connectivity index (χ2v) is 8.84. The molecule has 2 aromatic carbocycles. The molecule has 0 spiro atoms. The highest BCUT2D eigenvalue weighted by Gasteiger charge is 2.19. The van der Waals surface area contributed by atoms with E-state index in [-0.39, 0.29) is 0 Å². The second-order valence-electron chi connectivity index (χ2n) is 7.99. The molecule has 4 N–H and O–H groups in total. The van der Waals surface area contributed by atoms with Gasteiger partial charge in [0.1, 0.15) is 12.0 Å². The minimum Gasteiger partial charge on any atom is -0.393 e. The van der Waals surface area contributed by atoms with Gasteiger partial charge in [-0.15, -0.1) is 0 Å². The number of nitrogens with two attached hydrogens (primary N) is 1. The van der Waals surface area contributed by atoms with Crippen LogP contribution in [0.15, 0.2) is 61.4 Å². The zero-order valence-corrected chi connectivity index (χ0v) is 20.6. The van der Waals surface area contributed by atoms with E-state index in [0.717, 1.165) is 35.3 Å². The van der Waals surface area contributed by atoms with Gasteiger partial charge in [0.05, 0.1) is 18.3 Å². The molecule has 8 nitrogen and oxygen atoms in total. The molecule has 35 heavy (non-hydrogen) atoms. The van der Waals surface area contributed by atoms with Gasteiger partial charge in [-0.1, -0.05) is 41.4 Å². The molecule has 0 saturated heterocycles. The number of rotatable bonds is 9. The van der Waals surface area contributed by atoms with Gasteiger partial charge >= 0.3 is 0 Å². The Labute approximate surface area is 213 Å². The Morgan fingerprint density at radius 2 is 1.91 bits per heavy atom. The average molecular weight is 507 g/mol. The van der Waals surface area contributed by atoms with Crippen molar-refractivity contribution < 1.29 is 0 Å². The van der Waals surface area contributed by atoms with Crippen LogP contribution in [0.3, 0.4) is 0 Å². The van der Waals surface area contributed by atoms with Crippen LogP contribution in [0.1, 0.15) is 29.0 Å². The fourth-order valence-electron chi connectivity index (χ4n) is 3.69. The zero-order chi connectivity index (χ0) is 24.8. The monoisotopic (exact) mass is 506 g/mol. The van der Waals surface area contributed by atoms with Crippen molar-refractivity contribution >= 4 is 46.2 Å². The van der Waals surface area contributed by atoms with E-state index >= 15 is 0 Å². The van der Waals surface area contributed by atoms with Crippen molar-refractivity contribution in [3.05, 3.63) is 88.2 Å². The number of nitriles is 1. The highest BCUT2D eigenvalue weighted by atomic mass is 35.5. The SMILES string of the molecule is Cc1cc(C(C#N)c2ccc(Cl)cc2)c(Cl)cc1Nc1ncnc(NCCCn2ccnc2)c1N. The number of nitrogens with zero attached hydrogens (tertiary/aromatic N) is 5. The molecule has 1 unspecified atom stereocenters. The molecule has 2 heterocycles. The predicted molar refractivity (Wildman–Crippen MR) is 140 cm³/mol. The van der Waals surface area contributed by atoms with Crippen molar-refractivity contribution in [1.82, 2.24) is 19.5 Å². The lowest BCUT2D eigenvalue weighted by molar-refractivity contribution is 0.660. The van der Waals surface area contributed by atoms with Crippen LogP contribution in [-0.4, -0.2) is 26.1 Å². The number of benzene rings is 2. The molecule has 2 aromatic heterocycles. The first-order valence-electron chi connectivity index (χ1n) is 11.0. The molecule has 4 rings (SSSR count). The standard InChI is InChI=1S/C25H24Cl2N8/c1-16-11-19(20(13-28)17-3-5-18(26)6-4-17)21(27)12-22(16)34-25-23(29)24(32-14-33-25)31-7-2-9-35-10-8-30-15-35/h3-6,8,10-12,14-15,20H,2,7,9,29H2,1H3,(H2,31,32,33,34). The summed E-state index contributed by atoms with van der Waals surface area (Å²) in [5, 5.41) is 17.4. The Kier molecular flexibility index (Phi) is 7.70. The fraction of sp³-hybridized carbons (Fsp3) is 0.200. The van der Waals surface area contributed by atoms with Crippen LogP contribution in [0.4, 0.5) is 23.0 Å². The molecule has 0 fully saturated rings. The van der Waals surface area contributed by atoms with E-state index in [9.17, 15) is 5.26 Å². The third-order valence-corrected chi connectivity index (χ3v) is 6.15. The van der Waals surface area contributed by atoms with Crippen molar-refractivity contribution in [3.8, 4) is 6.07 Å². The summed E-state index contributed by atoms with van der Waals surface area (Å²) in [5.41, 5.74) is 9.91. The molecule has 0 aliphatic heterocycles. The predicted octanol–water partition coefficient (Wildman–Crippen LogP) is 5.77. The lowest BCUT2D eigenvalue weighted by Crippen LogP contribution is -2.11. The Morgan fingerprint density at radius 1 is 1.14 bits per heavy atom. The lowest BCUT2D eigenvalue weighted by atomic mass is 9.91. The molecule has 0 radical (unpaired) electrons. The van der Waals surface area contributed by atoms with E-state index in [1.807, 2.05) is 35.9 Å². The Bertz CT molecular complexity index is 1330. The number of aromatic nitrogens is 4. The van der Waals surface area contributed by atoms with Gasteiger partial charge in [-0.25, -0.2) is 15.0 Å². The smallest absolute Gasteiger partial charge is 0.159 e. The molecule has 0 amide bonds. The van der Waals surface area contributed by atoms with Crippen LogP contribution >= 0.6 is 23.2 Å². The molecule has 0 saturated carbocycles. The maximum Gasteiger partial charge on any atom is 0.159 e. The quantitative estimate of drug-likeness (QED) is 0.246. The number of imidazole rings is 1. The average Bonchev–Trinajstić information content (AvgIpc) is 3.37. The first-order valence-corrected chi connectivity index (χ1v) is 11.7. The van der Waals surface area contributed by atoms with Crippen molar-refractivity contribution in [3.63, 3.8) is 0 Å². The van der Waals surface area contributed by atoms with Crippen LogP contribution in [0.25, 0.3) is 0 Å². The number of nitrogen functional groups attached to an aromatic ring is 1. The molecular weight excluding hydrogens is 483 g/mol. The van der Waals surface area contributed by atoms with Gasteiger partial charge in [-0.05, 0) is 48.2 Å². The third kappa shape index (κ3) is 5.83. The summed E-state index contributed by atoms with van der Waals surface area (Å²) in [7, 11) is 0. The summed E-state index contributed by atoms with van der Waals surface area (Å²) in [5.74, 6) is 0.508. The van der Waals surface area contributed by atoms with Crippen LogP contribution in [0.5, 0.6) is 0 Å². The van der Waals surface area contributed by atoms with Crippen molar-refractivity contribution in [2.75, 3.05) is 22.9 Å². The molecule has 178 valence electrons. The maximum absolute atomic E-state index is 9.83. The number of aryl methyl sites for hydroxylation is 2. The lowest BCUT2D eigenvalue weighted by Gasteiger charge is -2.17. The minimum atomic E-state index is -0.519. The summed E-state index contributed by atoms with van der Waals surface area (Å²) >= 11 is 12.6. The van der Waals surface area contributed by atoms with E-state index in [2.05, 4.69) is 31.7 Å². The van der Waals surface area contributed by atoms with Crippen LogP contribution < -0.4 is 16.4 Å². The van der Waals surface area contributed by atoms with Gasteiger partial charge in [-0.3, -0.25) is 0 Å². The second kappa shape index (κ2) is 11.1. The maximum atomic E-state index is 9.83. The van der Waals surface area contributed by atoms with E-state index in [4.69, 9.17) is 28.9 Å². The van der Waals surface area contributed by atoms with E-state index < -0.39 is 5.92 Å². The minimum absolute atomic E-state index is 0.408. The van der Waals surface area contributed by atoms with E-state index in [1.165, 1.54) is 6.33 Å². The molecule has 1 atom stereocenters. The molecule has 0 aliphatic rings. The van der Waals surface area contributed by atoms with E-state index in [1.54, 1.807) is 30.7 Å². The first-order chi connectivity index (χ1) is 17.0. The Balaban J connectivity index is 1.49. The highest BCUT2D eigenvalue weighted by molar-refractivity contribution is 6.32. The van der Waals surface area contributed by atoms with Gasteiger partial charge in [0.2, 0.25) is 0 Å². The van der Waals surface area contributed by atoms with Crippen LogP contribution in [-0.2, 0) is 6.54 Å². The van der Waals surface area contributed by atoms with E-state index in [0.29, 0.717) is 33.9 Å². The van der Waals surface area contributed by atoms with Crippen LogP contribution in [0, 0.1) is 18.3 Å². The highest BCUT2D eigenvalue weighted by Crippen LogP contribution is 2.36. The van der Waals surface area contributed by atoms with Gasteiger partial charge < -0.3 is 20.9 Å². The largest absolute Gasteiger partial charge is 0.393 e. The Hall–Kier alpha value is -3.80. The number of hydrogen-bond donors (Lipinski definition) is 3. The molecule has 4 aromatic rings. The molecule has 0 aliphatic carbocycles. The summed E-state index contributed by atoms with van der Waals surface area (Å²) < 4.78 is 2.01.